The van der Waals surface area contributed by atoms with Crippen molar-refractivity contribution in [2.24, 2.45) is 0 Å². The van der Waals surface area contributed by atoms with E-state index in [-0.39, 0.29) is 17.1 Å². The lowest BCUT2D eigenvalue weighted by atomic mass is 9.95. The molecule has 0 aliphatic carbocycles. The van der Waals surface area contributed by atoms with Gasteiger partial charge in [0.05, 0.1) is 11.6 Å². The molecule has 0 aromatic heterocycles. The highest BCUT2D eigenvalue weighted by molar-refractivity contribution is 6.46. The van der Waals surface area contributed by atoms with Crippen LogP contribution in [0.25, 0.3) is 5.76 Å². The number of carbonyl (C=O) groups is 2. The van der Waals surface area contributed by atoms with Crippen molar-refractivity contribution in [1.82, 2.24) is 9.80 Å². The highest BCUT2D eigenvalue weighted by Gasteiger charge is 2.45. The van der Waals surface area contributed by atoms with Crippen molar-refractivity contribution in [3.63, 3.8) is 0 Å². The van der Waals surface area contributed by atoms with E-state index >= 15 is 0 Å². The normalized spacial score (nSPS) is 17.1. The molecule has 1 atom stereocenters. The Morgan fingerprint density at radius 3 is 2.25 bits per heavy atom. The lowest BCUT2D eigenvalue weighted by Crippen LogP contribution is -2.32. The number of rotatable bonds is 9. The minimum absolute atomic E-state index is 0.0356. The zero-order chi connectivity index (χ0) is 25.7. The lowest BCUT2D eigenvalue weighted by Gasteiger charge is -2.26. The molecule has 1 aliphatic heterocycles. The number of phenolic OH excluding ortho intramolecular Hbond substituents is 1. The van der Waals surface area contributed by atoms with E-state index in [0.717, 1.165) is 12.1 Å². The first-order valence-electron chi connectivity index (χ1n) is 11.8. The third-order valence-electron chi connectivity index (χ3n) is 6.13. The fraction of sp³-hybridized carbons (Fsp3) is 0.241. The van der Waals surface area contributed by atoms with Crippen molar-refractivity contribution in [3.05, 3.63) is 101 Å². The number of ether oxygens (including phenoxy) is 1. The molecule has 7 heteroatoms. The maximum absolute atomic E-state index is 13.1. The van der Waals surface area contributed by atoms with Crippen molar-refractivity contribution in [3.8, 4) is 11.5 Å². The number of nitrogens with zero attached hydrogens (tertiary/aromatic N) is 2. The van der Waals surface area contributed by atoms with E-state index in [9.17, 15) is 19.8 Å². The number of carbonyl (C=O) groups excluding carboxylic acids is 2. The fourth-order valence-electron chi connectivity index (χ4n) is 4.28. The predicted octanol–water partition coefficient (Wildman–Crippen LogP) is 4.34. The minimum atomic E-state index is -0.748. The number of amides is 1. The molecule has 7 nitrogen and oxygen atoms in total. The van der Waals surface area contributed by atoms with Gasteiger partial charge in [0.25, 0.3) is 11.7 Å². The quantitative estimate of drug-likeness (QED) is 0.266. The smallest absolute Gasteiger partial charge is 0.295 e. The summed E-state index contributed by atoms with van der Waals surface area (Å²) >= 11 is 0. The van der Waals surface area contributed by atoms with Crippen LogP contribution in [0.4, 0.5) is 0 Å². The van der Waals surface area contributed by atoms with Gasteiger partial charge in [-0.25, -0.2) is 0 Å². The first kappa shape index (κ1) is 25.0. The molecule has 0 radical (unpaired) electrons. The zero-order valence-electron chi connectivity index (χ0n) is 20.4. The van der Waals surface area contributed by atoms with E-state index in [1.165, 1.54) is 17.0 Å². The SMILES string of the molecule is CN(C)CCCN1C(=O)C(=O)C(=C(O)c2ccc(OCc3ccccc3)cc2)C1c1ccc(O)cc1. The summed E-state index contributed by atoms with van der Waals surface area (Å²) in [5.41, 5.74) is 2.12. The number of benzene rings is 3. The molecule has 3 aromatic rings. The number of aromatic hydroxyl groups is 1. The topological polar surface area (TPSA) is 90.3 Å². The molecule has 0 bridgehead atoms. The van der Waals surface area contributed by atoms with Gasteiger partial charge < -0.3 is 24.7 Å². The van der Waals surface area contributed by atoms with Gasteiger partial charge in [-0.15, -0.1) is 0 Å². The summed E-state index contributed by atoms with van der Waals surface area (Å²) in [6.07, 6.45) is 0.669. The van der Waals surface area contributed by atoms with Crippen LogP contribution in [0.15, 0.2) is 84.4 Å². The number of hydrogen-bond donors (Lipinski definition) is 2. The Hall–Kier alpha value is -4.10. The summed E-state index contributed by atoms with van der Waals surface area (Å²) in [7, 11) is 3.89. The number of hydrogen-bond acceptors (Lipinski definition) is 6. The van der Waals surface area contributed by atoms with E-state index in [1.54, 1.807) is 36.4 Å². The van der Waals surface area contributed by atoms with Crippen LogP contribution in [-0.4, -0.2) is 58.9 Å². The standard InChI is InChI=1S/C29H30N2O5/c1-30(2)17-6-18-31-26(21-9-13-23(32)14-10-21)25(28(34)29(31)35)27(33)22-11-15-24(16-12-22)36-19-20-7-4-3-5-8-20/h3-5,7-16,26,32-33H,6,17-19H2,1-2H3. The Balaban J connectivity index is 1.63. The Labute approximate surface area is 210 Å². The molecule has 0 saturated carbocycles. The Kier molecular flexibility index (Phi) is 7.71. The van der Waals surface area contributed by atoms with Gasteiger partial charge in [-0.1, -0.05) is 42.5 Å². The third kappa shape index (κ3) is 5.58. The van der Waals surface area contributed by atoms with Gasteiger partial charge in [-0.3, -0.25) is 9.59 Å². The molecule has 186 valence electrons. The van der Waals surface area contributed by atoms with Crippen LogP contribution in [0.1, 0.15) is 29.2 Å². The van der Waals surface area contributed by atoms with Gasteiger partial charge in [0.15, 0.2) is 0 Å². The summed E-state index contributed by atoms with van der Waals surface area (Å²) in [5.74, 6) is -0.906. The second-order valence-corrected chi connectivity index (χ2v) is 9.04. The summed E-state index contributed by atoms with van der Waals surface area (Å²) in [6, 6.07) is 22.2. The summed E-state index contributed by atoms with van der Waals surface area (Å²) in [5, 5.41) is 20.9. The third-order valence-corrected chi connectivity index (χ3v) is 6.13. The van der Waals surface area contributed by atoms with E-state index in [0.29, 0.717) is 36.4 Å². The summed E-state index contributed by atoms with van der Waals surface area (Å²) in [4.78, 5) is 29.6. The minimum Gasteiger partial charge on any atom is -0.508 e. The molecular weight excluding hydrogens is 456 g/mol. The summed E-state index contributed by atoms with van der Waals surface area (Å²) < 4.78 is 5.82. The van der Waals surface area contributed by atoms with Crippen LogP contribution in [0.3, 0.4) is 0 Å². The van der Waals surface area contributed by atoms with Crippen LogP contribution in [0, 0.1) is 0 Å². The predicted molar refractivity (Wildman–Crippen MR) is 138 cm³/mol. The maximum atomic E-state index is 13.1. The summed E-state index contributed by atoms with van der Waals surface area (Å²) in [6.45, 7) is 1.51. The van der Waals surface area contributed by atoms with Gasteiger partial charge in [0.1, 0.15) is 23.9 Å². The number of likely N-dealkylation sites (tertiary alicyclic amines) is 1. The second kappa shape index (κ2) is 11.1. The van der Waals surface area contributed by atoms with Crippen molar-refractivity contribution in [2.45, 2.75) is 19.1 Å². The molecular formula is C29H30N2O5. The van der Waals surface area contributed by atoms with E-state index in [1.807, 2.05) is 49.3 Å². The molecule has 1 aliphatic rings. The van der Waals surface area contributed by atoms with Gasteiger partial charge in [0.2, 0.25) is 0 Å². The van der Waals surface area contributed by atoms with Crippen LogP contribution in [0.5, 0.6) is 11.5 Å². The van der Waals surface area contributed by atoms with Crippen molar-refractivity contribution in [2.75, 3.05) is 27.2 Å². The van der Waals surface area contributed by atoms with Gasteiger partial charge >= 0.3 is 0 Å². The van der Waals surface area contributed by atoms with Crippen molar-refractivity contribution >= 4 is 17.4 Å². The van der Waals surface area contributed by atoms with Crippen LogP contribution >= 0.6 is 0 Å². The van der Waals surface area contributed by atoms with Crippen LogP contribution in [0.2, 0.25) is 0 Å². The first-order chi connectivity index (χ1) is 17.3. The zero-order valence-corrected chi connectivity index (χ0v) is 20.4. The molecule has 3 aromatic carbocycles. The highest BCUT2D eigenvalue weighted by Crippen LogP contribution is 2.40. The Morgan fingerprint density at radius 2 is 1.61 bits per heavy atom. The van der Waals surface area contributed by atoms with Crippen LogP contribution in [-0.2, 0) is 16.2 Å². The maximum Gasteiger partial charge on any atom is 0.295 e. The van der Waals surface area contributed by atoms with E-state index in [4.69, 9.17) is 4.74 Å². The molecule has 1 saturated heterocycles. The fourth-order valence-corrected chi connectivity index (χ4v) is 4.28. The Bertz CT molecular complexity index is 1230. The van der Waals surface area contributed by atoms with E-state index < -0.39 is 17.7 Å². The average Bonchev–Trinajstić information content (AvgIpc) is 3.13. The molecule has 4 rings (SSSR count). The Morgan fingerprint density at radius 1 is 0.944 bits per heavy atom. The van der Waals surface area contributed by atoms with E-state index in [2.05, 4.69) is 0 Å². The largest absolute Gasteiger partial charge is 0.508 e. The molecule has 36 heavy (non-hydrogen) atoms. The highest BCUT2D eigenvalue weighted by atomic mass is 16.5. The van der Waals surface area contributed by atoms with Crippen molar-refractivity contribution in [1.29, 1.82) is 0 Å². The number of Topliss-reactive ketones (excluding diaryl/α,β-unsaturated/α-hetero) is 1. The number of ketones is 1. The van der Waals surface area contributed by atoms with Gasteiger partial charge in [0, 0.05) is 12.1 Å². The molecule has 1 amide bonds. The van der Waals surface area contributed by atoms with Gasteiger partial charge in [-0.05, 0) is 74.6 Å². The number of phenols is 1. The molecule has 1 unspecified atom stereocenters. The monoisotopic (exact) mass is 486 g/mol. The molecule has 0 spiro atoms. The van der Waals surface area contributed by atoms with Gasteiger partial charge in [-0.2, -0.15) is 0 Å². The molecule has 2 N–H and O–H groups in total. The van der Waals surface area contributed by atoms with Crippen LogP contribution < -0.4 is 4.74 Å². The number of aliphatic hydroxyl groups excluding tert-OH is 1. The number of aliphatic hydroxyl groups is 1. The second-order valence-electron chi connectivity index (χ2n) is 9.04. The molecule has 1 fully saturated rings. The average molecular weight is 487 g/mol. The molecule has 1 heterocycles. The first-order valence-corrected chi connectivity index (χ1v) is 11.8. The lowest BCUT2D eigenvalue weighted by molar-refractivity contribution is -0.139. The van der Waals surface area contributed by atoms with Crippen molar-refractivity contribution < 1.29 is 24.5 Å².